The zero-order valence-corrected chi connectivity index (χ0v) is 18.6. The summed E-state index contributed by atoms with van der Waals surface area (Å²) in [6, 6.07) is 12.3. The van der Waals surface area contributed by atoms with Crippen LogP contribution < -0.4 is 20.7 Å². The Hall–Kier alpha value is -2.23. The van der Waals surface area contributed by atoms with Crippen LogP contribution in [0.4, 0.5) is 0 Å². The van der Waals surface area contributed by atoms with Crippen molar-refractivity contribution < 1.29 is 13.9 Å². The molecule has 156 valence electrons. The topological polar surface area (TPSA) is 87.9 Å². The molecule has 1 aromatic heterocycles. The minimum absolute atomic E-state index is 0. The quantitative estimate of drug-likeness (QED) is 0.327. The van der Waals surface area contributed by atoms with Crippen molar-refractivity contribution in [1.82, 2.24) is 16.0 Å². The van der Waals surface area contributed by atoms with E-state index >= 15 is 0 Å². The molecule has 0 aliphatic carbocycles. The van der Waals surface area contributed by atoms with Gasteiger partial charge in [-0.15, -0.1) is 24.0 Å². The van der Waals surface area contributed by atoms with Gasteiger partial charge in [0.15, 0.2) is 5.96 Å². The Morgan fingerprint density at radius 1 is 1.17 bits per heavy atom. The van der Waals surface area contributed by atoms with Gasteiger partial charge in [0.2, 0.25) is 5.91 Å². The number of rotatable bonds is 5. The molecule has 1 saturated heterocycles. The number of guanidine groups is 1. The highest BCUT2D eigenvalue weighted by molar-refractivity contribution is 14.0. The van der Waals surface area contributed by atoms with Crippen molar-refractivity contribution in [2.24, 2.45) is 4.99 Å². The van der Waals surface area contributed by atoms with E-state index in [1.807, 2.05) is 30.3 Å². The molecule has 2 aliphatic rings. The Kier molecular flexibility index (Phi) is 7.79. The van der Waals surface area contributed by atoms with Crippen LogP contribution in [0.1, 0.15) is 36.6 Å². The van der Waals surface area contributed by atoms with Crippen LogP contribution in [0.5, 0.6) is 5.75 Å². The van der Waals surface area contributed by atoms with Gasteiger partial charge in [-0.1, -0.05) is 18.2 Å². The fourth-order valence-corrected chi connectivity index (χ4v) is 3.57. The fourth-order valence-electron chi connectivity index (χ4n) is 3.57. The van der Waals surface area contributed by atoms with Gasteiger partial charge in [-0.3, -0.25) is 9.79 Å². The number of ether oxygens (including phenoxy) is 1. The third-order valence-electron chi connectivity index (χ3n) is 5.08. The molecule has 2 atom stereocenters. The van der Waals surface area contributed by atoms with Crippen molar-refractivity contribution in [3.05, 3.63) is 54.0 Å². The Bertz CT molecular complexity index is 815. The van der Waals surface area contributed by atoms with Crippen LogP contribution in [0.15, 0.2) is 52.1 Å². The highest BCUT2D eigenvalue weighted by Crippen LogP contribution is 2.31. The lowest BCUT2D eigenvalue weighted by Gasteiger charge is -2.30. The van der Waals surface area contributed by atoms with Crippen LogP contribution in [0.25, 0.3) is 0 Å². The van der Waals surface area contributed by atoms with E-state index in [1.54, 1.807) is 6.26 Å². The molecule has 2 unspecified atom stereocenters. The second-order valence-corrected chi connectivity index (χ2v) is 7.12. The van der Waals surface area contributed by atoms with Gasteiger partial charge >= 0.3 is 0 Å². The van der Waals surface area contributed by atoms with Gasteiger partial charge in [-0.05, 0) is 24.6 Å². The first-order valence-corrected chi connectivity index (χ1v) is 9.86. The maximum absolute atomic E-state index is 11.4. The van der Waals surface area contributed by atoms with E-state index in [1.165, 1.54) is 0 Å². The van der Waals surface area contributed by atoms with Crippen LogP contribution in [0, 0.1) is 0 Å². The number of carbonyl (C=O) groups excluding carboxylic acids is 1. The van der Waals surface area contributed by atoms with Gasteiger partial charge in [0.05, 0.1) is 18.9 Å². The van der Waals surface area contributed by atoms with Crippen molar-refractivity contribution in [3.8, 4) is 5.75 Å². The Morgan fingerprint density at radius 3 is 2.86 bits per heavy atom. The molecule has 0 spiro atoms. The molecule has 3 N–H and O–H groups in total. The minimum Gasteiger partial charge on any atom is -0.493 e. The average Bonchev–Trinajstić information content (AvgIpc) is 3.23. The highest BCUT2D eigenvalue weighted by atomic mass is 127. The van der Waals surface area contributed by atoms with Gasteiger partial charge in [-0.25, -0.2) is 0 Å². The third kappa shape index (κ3) is 5.88. The van der Waals surface area contributed by atoms with Crippen LogP contribution in [-0.4, -0.2) is 37.6 Å². The second-order valence-electron chi connectivity index (χ2n) is 7.12. The number of amides is 1. The van der Waals surface area contributed by atoms with E-state index < -0.39 is 0 Å². The summed E-state index contributed by atoms with van der Waals surface area (Å²) < 4.78 is 11.2. The molecule has 0 bridgehead atoms. The molecule has 29 heavy (non-hydrogen) atoms. The first kappa shape index (κ1) is 21.5. The molecule has 2 aromatic rings. The van der Waals surface area contributed by atoms with Gasteiger partial charge < -0.3 is 25.1 Å². The van der Waals surface area contributed by atoms with Gasteiger partial charge in [-0.2, -0.15) is 0 Å². The van der Waals surface area contributed by atoms with E-state index in [2.05, 4.69) is 22.0 Å². The Labute approximate surface area is 187 Å². The maximum Gasteiger partial charge on any atom is 0.220 e. The summed E-state index contributed by atoms with van der Waals surface area (Å²) in [6.07, 6.45) is 4.63. The molecule has 4 rings (SSSR count). The molecule has 0 radical (unpaired) electrons. The summed E-state index contributed by atoms with van der Waals surface area (Å²) in [4.78, 5) is 16.2. The van der Waals surface area contributed by atoms with Crippen LogP contribution in [0.2, 0.25) is 0 Å². The molecular formula is C21H27IN4O3. The molecule has 1 fully saturated rings. The lowest BCUT2D eigenvalue weighted by Crippen LogP contribution is -2.52. The zero-order chi connectivity index (χ0) is 19.2. The molecule has 7 nitrogen and oxygen atoms in total. The van der Waals surface area contributed by atoms with Crippen LogP contribution >= 0.6 is 24.0 Å². The fraction of sp³-hybridized carbons (Fsp3) is 0.429. The molecule has 8 heteroatoms. The van der Waals surface area contributed by atoms with Crippen molar-refractivity contribution >= 4 is 35.8 Å². The van der Waals surface area contributed by atoms with Gasteiger partial charge in [0.25, 0.3) is 0 Å². The number of furan rings is 1. The number of para-hydroxylation sites is 1. The summed E-state index contributed by atoms with van der Waals surface area (Å²) in [5, 5.41) is 9.97. The third-order valence-corrected chi connectivity index (χ3v) is 5.08. The standard InChI is InChI=1S/C21H26N4O3.HI/c26-20-8-7-15(14-23-20)24-21(22-11-9-16-4-3-12-27-16)25-18-10-13-28-19-6-2-1-5-17(18)19;/h1-6,12,15,18H,7-11,13-14H2,(H,23,26)(H2,22,24,25);1H. The molecule has 0 saturated carbocycles. The summed E-state index contributed by atoms with van der Waals surface area (Å²) in [6.45, 7) is 1.91. The first-order valence-electron chi connectivity index (χ1n) is 9.86. The summed E-state index contributed by atoms with van der Waals surface area (Å²) >= 11 is 0. The predicted octanol–water partition coefficient (Wildman–Crippen LogP) is 2.78. The van der Waals surface area contributed by atoms with Crippen molar-refractivity contribution in [2.45, 2.75) is 37.8 Å². The number of nitrogens with one attached hydrogen (secondary N) is 3. The van der Waals surface area contributed by atoms with Crippen molar-refractivity contribution in [2.75, 3.05) is 19.7 Å². The van der Waals surface area contributed by atoms with E-state index in [9.17, 15) is 4.79 Å². The lowest BCUT2D eigenvalue weighted by molar-refractivity contribution is -0.122. The van der Waals surface area contributed by atoms with Gasteiger partial charge in [0.1, 0.15) is 11.5 Å². The van der Waals surface area contributed by atoms with Gasteiger partial charge in [0, 0.05) is 44.0 Å². The number of aliphatic imine (C=N–C) groups is 1. The average molecular weight is 510 g/mol. The SMILES string of the molecule is I.O=C1CCC(NC(=NCCc2ccco2)NC2CCOc3ccccc32)CN1. The monoisotopic (exact) mass is 510 g/mol. The lowest BCUT2D eigenvalue weighted by atomic mass is 10.0. The predicted molar refractivity (Wildman–Crippen MR) is 122 cm³/mol. The smallest absolute Gasteiger partial charge is 0.220 e. The minimum atomic E-state index is 0. The van der Waals surface area contributed by atoms with Crippen LogP contribution in [-0.2, 0) is 11.2 Å². The van der Waals surface area contributed by atoms with Crippen molar-refractivity contribution in [1.29, 1.82) is 0 Å². The number of benzene rings is 1. The Morgan fingerprint density at radius 2 is 2.07 bits per heavy atom. The summed E-state index contributed by atoms with van der Waals surface area (Å²) in [5.41, 5.74) is 1.14. The van der Waals surface area contributed by atoms with Crippen molar-refractivity contribution in [3.63, 3.8) is 0 Å². The second kappa shape index (κ2) is 10.5. The summed E-state index contributed by atoms with van der Waals surface area (Å²) in [5.74, 6) is 2.71. The molecule has 3 heterocycles. The molecule has 1 aromatic carbocycles. The molecular weight excluding hydrogens is 483 g/mol. The maximum atomic E-state index is 11.4. The number of nitrogens with zero attached hydrogens (tertiary/aromatic N) is 1. The largest absolute Gasteiger partial charge is 0.493 e. The molecule has 1 amide bonds. The Balaban J connectivity index is 0.00000240. The first-order chi connectivity index (χ1) is 13.8. The highest BCUT2D eigenvalue weighted by Gasteiger charge is 2.24. The van der Waals surface area contributed by atoms with E-state index in [0.29, 0.717) is 26.1 Å². The number of piperidine rings is 1. The number of fused-ring (bicyclic) bond motifs is 1. The number of carbonyl (C=O) groups is 1. The summed E-state index contributed by atoms with van der Waals surface area (Å²) in [7, 11) is 0. The number of hydrogen-bond acceptors (Lipinski definition) is 4. The van der Waals surface area contributed by atoms with E-state index in [0.717, 1.165) is 42.3 Å². The molecule has 2 aliphatic heterocycles. The normalized spacial score (nSPS) is 21.2. The van der Waals surface area contributed by atoms with E-state index in [4.69, 9.17) is 14.1 Å². The zero-order valence-electron chi connectivity index (χ0n) is 16.2. The van der Waals surface area contributed by atoms with Crippen LogP contribution in [0.3, 0.4) is 0 Å². The number of hydrogen-bond donors (Lipinski definition) is 3. The number of halogens is 1. The van der Waals surface area contributed by atoms with E-state index in [-0.39, 0.29) is 42.0 Å².